The van der Waals surface area contributed by atoms with Crippen LogP contribution >= 0.6 is 0 Å². The van der Waals surface area contributed by atoms with Crippen molar-refractivity contribution in [2.45, 2.75) is 12.1 Å². The molecule has 1 fully saturated rings. The molecule has 0 saturated carbocycles. The molecule has 0 radical (unpaired) electrons. The van der Waals surface area contributed by atoms with E-state index in [0.29, 0.717) is 17.1 Å². The second-order valence-corrected chi connectivity index (χ2v) is 6.80. The number of ether oxygens (including phenoxy) is 3. The van der Waals surface area contributed by atoms with Gasteiger partial charge >= 0.3 is 0 Å². The van der Waals surface area contributed by atoms with Crippen LogP contribution in [0, 0.1) is 11.3 Å². The normalized spacial score (nSPS) is 17.6. The van der Waals surface area contributed by atoms with Gasteiger partial charge in [0.15, 0.2) is 0 Å². The molecule has 6 nitrogen and oxygen atoms in total. The first-order valence-corrected chi connectivity index (χ1v) is 9.42. The lowest BCUT2D eigenvalue weighted by atomic mass is 9.89. The van der Waals surface area contributed by atoms with Crippen LogP contribution in [0.15, 0.2) is 72.8 Å². The Bertz CT molecular complexity index is 1090. The van der Waals surface area contributed by atoms with Gasteiger partial charge in [0.25, 0.3) is 5.91 Å². The second kappa shape index (κ2) is 8.18. The van der Waals surface area contributed by atoms with Crippen molar-refractivity contribution in [3.8, 4) is 23.3 Å². The van der Waals surface area contributed by atoms with Crippen LogP contribution in [0.5, 0.6) is 17.2 Å². The first kappa shape index (κ1) is 19.3. The van der Waals surface area contributed by atoms with Crippen molar-refractivity contribution in [3.63, 3.8) is 0 Å². The summed E-state index contributed by atoms with van der Waals surface area (Å²) in [5, 5.41) is 9.13. The Kier molecular flexibility index (Phi) is 5.27. The third kappa shape index (κ3) is 3.53. The summed E-state index contributed by atoms with van der Waals surface area (Å²) in [7, 11) is 3.21. The molecule has 6 heteroatoms. The number of benzene rings is 3. The number of rotatable bonds is 6. The summed E-state index contributed by atoms with van der Waals surface area (Å²) in [6.45, 7) is 0. The van der Waals surface area contributed by atoms with Crippen molar-refractivity contribution in [3.05, 3.63) is 83.9 Å². The third-order valence-electron chi connectivity index (χ3n) is 5.08. The highest BCUT2D eigenvalue weighted by Crippen LogP contribution is 2.42. The lowest BCUT2D eigenvalue weighted by Gasteiger charge is -2.46. The topological polar surface area (TPSA) is 71.8 Å². The van der Waals surface area contributed by atoms with E-state index in [1.807, 2.05) is 48.5 Å². The van der Waals surface area contributed by atoms with Gasteiger partial charge in [-0.25, -0.2) is 0 Å². The van der Waals surface area contributed by atoms with Crippen LogP contribution in [0.3, 0.4) is 0 Å². The number of methoxy groups -OCH3 is 2. The Labute approximate surface area is 174 Å². The molecular weight excluding hydrogens is 380 g/mol. The number of amides is 1. The molecule has 150 valence electrons. The van der Waals surface area contributed by atoms with Gasteiger partial charge < -0.3 is 14.2 Å². The van der Waals surface area contributed by atoms with Crippen LogP contribution in [-0.4, -0.2) is 26.2 Å². The number of nitriles is 1. The highest BCUT2D eigenvalue weighted by molar-refractivity contribution is 6.05. The largest absolute Gasteiger partial charge is 0.497 e. The van der Waals surface area contributed by atoms with E-state index in [1.54, 1.807) is 43.4 Å². The van der Waals surface area contributed by atoms with E-state index in [9.17, 15) is 4.79 Å². The number of hydrogen-bond donors (Lipinski definition) is 0. The Hall–Kier alpha value is -3.98. The highest BCUT2D eigenvalue weighted by atomic mass is 16.5. The molecule has 3 aromatic rings. The number of carbonyl (C=O) groups is 1. The quantitative estimate of drug-likeness (QED) is 0.582. The first-order chi connectivity index (χ1) is 14.6. The standard InChI is InChI=1S/C24H20N2O4/c1-28-19-10-6-17(7-11-19)22-23(30-21-5-3-4-16(14-21)15-25)24(27)26(22)18-8-12-20(29-2)13-9-18/h3-14,22-23H,1-2H3. The van der Waals surface area contributed by atoms with Crippen molar-refractivity contribution >= 4 is 11.6 Å². The zero-order valence-electron chi connectivity index (χ0n) is 16.6. The van der Waals surface area contributed by atoms with Crippen LogP contribution in [0.2, 0.25) is 0 Å². The fraction of sp³-hybridized carbons (Fsp3) is 0.167. The number of β-lactam (4-membered cyclic amide) rings is 1. The van der Waals surface area contributed by atoms with E-state index in [0.717, 1.165) is 17.0 Å². The van der Waals surface area contributed by atoms with Crippen molar-refractivity contribution < 1.29 is 19.0 Å². The van der Waals surface area contributed by atoms with Gasteiger partial charge in [0.2, 0.25) is 6.10 Å². The Morgan fingerprint density at radius 1 is 0.867 bits per heavy atom. The van der Waals surface area contributed by atoms with Crippen LogP contribution < -0.4 is 19.1 Å². The van der Waals surface area contributed by atoms with E-state index >= 15 is 0 Å². The van der Waals surface area contributed by atoms with E-state index in [4.69, 9.17) is 19.5 Å². The first-order valence-electron chi connectivity index (χ1n) is 9.42. The average Bonchev–Trinajstić information content (AvgIpc) is 2.81. The third-order valence-corrected chi connectivity index (χ3v) is 5.08. The predicted octanol–water partition coefficient (Wildman–Crippen LogP) is 4.11. The molecule has 1 aliphatic heterocycles. The van der Waals surface area contributed by atoms with Crippen molar-refractivity contribution in [1.29, 1.82) is 5.26 Å². The molecule has 1 saturated heterocycles. The second-order valence-electron chi connectivity index (χ2n) is 6.80. The fourth-order valence-corrected chi connectivity index (χ4v) is 3.52. The Balaban J connectivity index is 1.67. The Morgan fingerprint density at radius 2 is 1.50 bits per heavy atom. The number of anilines is 1. The van der Waals surface area contributed by atoms with E-state index in [2.05, 4.69) is 6.07 Å². The van der Waals surface area contributed by atoms with Crippen LogP contribution in [-0.2, 0) is 4.79 Å². The fourth-order valence-electron chi connectivity index (χ4n) is 3.52. The van der Waals surface area contributed by atoms with Crippen LogP contribution in [0.4, 0.5) is 5.69 Å². The summed E-state index contributed by atoms with van der Waals surface area (Å²) >= 11 is 0. The van der Waals surface area contributed by atoms with Gasteiger partial charge in [-0.3, -0.25) is 9.69 Å². The van der Waals surface area contributed by atoms with Gasteiger partial charge in [0, 0.05) is 5.69 Å². The highest BCUT2D eigenvalue weighted by Gasteiger charge is 2.51. The van der Waals surface area contributed by atoms with Crippen LogP contribution in [0.25, 0.3) is 0 Å². The molecule has 1 heterocycles. The number of carbonyl (C=O) groups excluding carboxylic acids is 1. The maximum atomic E-state index is 13.1. The molecule has 0 aromatic heterocycles. The molecule has 4 rings (SSSR count). The summed E-state index contributed by atoms with van der Waals surface area (Å²) in [5.74, 6) is 1.79. The SMILES string of the molecule is COc1ccc(C2C(Oc3cccc(C#N)c3)C(=O)N2c2ccc(OC)cc2)cc1. The van der Waals surface area contributed by atoms with E-state index in [1.165, 1.54) is 0 Å². The van der Waals surface area contributed by atoms with E-state index < -0.39 is 6.10 Å². The summed E-state index contributed by atoms with van der Waals surface area (Å²) in [6.07, 6.45) is -0.700. The van der Waals surface area contributed by atoms with Crippen molar-refractivity contribution in [2.24, 2.45) is 0 Å². The lowest BCUT2D eigenvalue weighted by molar-refractivity contribution is -0.135. The maximum absolute atomic E-state index is 13.1. The monoisotopic (exact) mass is 400 g/mol. The zero-order chi connectivity index (χ0) is 21.1. The van der Waals surface area contributed by atoms with Gasteiger partial charge in [0.05, 0.1) is 25.9 Å². The maximum Gasteiger partial charge on any atom is 0.271 e. The van der Waals surface area contributed by atoms with Crippen molar-refractivity contribution in [2.75, 3.05) is 19.1 Å². The predicted molar refractivity (Wildman–Crippen MR) is 112 cm³/mol. The Morgan fingerprint density at radius 3 is 2.10 bits per heavy atom. The van der Waals surface area contributed by atoms with Gasteiger partial charge in [-0.05, 0) is 60.2 Å². The smallest absolute Gasteiger partial charge is 0.271 e. The minimum Gasteiger partial charge on any atom is -0.497 e. The molecule has 1 aliphatic rings. The minimum atomic E-state index is -0.700. The molecule has 1 amide bonds. The summed E-state index contributed by atoms with van der Waals surface area (Å²) in [6, 6.07) is 23.5. The average molecular weight is 400 g/mol. The van der Waals surface area contributed by atoms with Crippen LogP contribution in [0.1, 0.15) is 17.2 Å². The number of nitrogens with zero attached hydrogens (tertiary/aromatic N) is 2. The zero-order valence-corrected chi connectivity index (χ0v) is 16.6. The molecule has 0 bridgehead atoms. The van der Waals surface area contributed by atoms with Gasteiger partial charge in [-0.15, -0.1) is 0 Å². The molecule has 0 spiro atoms. The van der Waals surface area contributed by atoms with Gasteiger partial charge in [-0.2, -0.15) is 5.26 Å². The van der Waals surface area contributed by atoms with Crippen molar-refractivity contribution in [1.82, 2.24) is 0 Å². The molecule has 0 N–H and O–H groups in total. The minimum absolute atomic E-state index is 0.150. The van der Waals surface area contributed by atoms with Gasteiger partial charge in [-0.1, -0.05) is 18.2 Å². The van der Waals surface area contributed by atoms with Gasteiger partial charge in [0.1, 0.15) is 23.3 Å². The molecule has 2 atom stereocenters. The molecule has 2 unspecified atom stereocenters. The molecule has 30 heavy (non-hydrogen) atoms. The molecular formula is C24H20N2O4. The summed E-state index contributed by atoms with van der Waals surface area (Å²) in [4.78, 5) is 14.8. The lowest BCUT2D eigenvalue weighted by Crippen LogP contribution is -2.61. The summed E-state index contributed by atoms with van der Waals surface area (Å²) < 4.78 is 16.5. The number of hydrogen-bond acceptors (Lipinski definition) is 5. The molecule has 0 aliphatic carbocycles. The molecule has 3 aromatic carbocycles. The van der Waals surface area contributed by atoms with E-state index in [-0.39, 0.29) is 11.9 Å². The summed E-state index contributed by atoms with van der Waals surface area (Å²) in [5.41, 5.74) is 2.16.